The summed E-state index contributed by atoms with van der Waals surface area (Å²) in [6, 6.07) is 19.1. The number of para-hydroxylation sites is 1. The van der Waals surface area contributed by atoms with Crippen molar-refractivity contribution >= 4 is 16.6 Å². The predicted octanol–water partition coefficient (Wildman–Crippen LogP) is 4.89. The lowest BCUT2D eigenvalue weighted by Gasteiger charge is -2.27. The van der Waals surface area contributed by atoms with Gasteiger partial charge < -0.3 is 9.15 Å². The van der Waals surface area contributed by atoms with E-state index in [4.69, 9.17) is 14.1 Å². The Morgan fingerprint density at radius 3 is 2.66 bits per heavy atom. The normalized spacial score (nSPS) is 14.5. The van der Waals surface area contributed by atoms with Crippen LogP contribution in [0.4, 0.5) is 0 Å². The van der Waals surface area contributed by atoms with E-state index in [1.165, 1.54) is 0 Å². The molecule has 4 aromatic heterocycles. The summed E-state index contributed by atoms with van der Waals surface area (Å²) in [5.74, 6) is 0.847. The van der Waals surface area contributed by atoms with Gasteiger partial charge in [0.15, 0.2) is 17.2 Å². The van der Waals surface area contributed by atoms with Crippen LogP contribution in [0.5, 0.6) is 11.6 Å². The average molecular weight is 459 g/mol. The van der Waals surface area contributed by atoms with Crippen LogP contribution in [-0.4, -0.2) is 24.6 Å². The van der Waals surface area contributed by atoms with Gasteiger partial charge in [-0.25, -0.2) is 19.3 Å². The number of fused-ring (bicyclic) bond motifs is 6. The van der Waals surface area contributed by atoms with Crippen molar-refractivity contribution in [1.29, 1.82) is 0 Å². The molecule has 8 nitrogen and oxygen atoms in total. The molecule has 1 aliphatic rings. The van der Waals surface area contributed by atoms with Gasteiger partial charge in [-0.1, -0.05) is 42.0 Å². The van der Waals surface area contributed by atoms with E-state index in [1.54, 1.807) is 29.3 Å². The van der Waals surface area contributed by atoms with E-state index in [-0.39, 0.29) is 0 Å². The molecule has 35 heavy (non-hydrogen) atoms. The topological polar surface area (TPSA) is 95.4 Å². The third-order valence-electron chi connectivity index (χ3n) is 6.29. The summed E-state index contributed by atoms with van der Waals surface area (Å²) in [6.07, 6.45) is 4.98. The van der Waals surface area contributed by atoms with E-state index in [1.807, 2.05) is 61.5 Å². The third kappa shape index (κ3) is 2.96. The molecule has 0 spiro atoms. The van der Waals surface area contributed by atoms with Gasteiger partial charge in [0.1, 0.15) is 11.9 Å². The van der Waals surface area contributed by atoms with Crippen molar-refractivity contribution in [2.45, 2.75) is 12.8 Å². The Morgan fingerprint density at radius 1 is 0.971 bits per heavy atom. The molecule has 0 N–H and O–H groups in total. The molecule has 2 aromatic carbocycles. The summed E-state index contributed by atoms with van der Waals surface area (Å²) < 4.78 is 13.6. The van der Waals surface area contributed by atoms with Crippen LogP contribution in [0.3, 0.4) is 0 Å². The number of aryl methyl sites for hydroxylation is 1. The number of aromatic nitrogens is 5. The molecular weight excluding hydrogens is 442 g/mol. The Bertz CT molecular complexity index is 1810. The van der Waals surface area contributed by atoms with E-state index < -0.39 is 11.5 Å². The molecule has 168 valence electrons. The van der Waals surface area contributed by atoms with Crippen molar-refractivity contribution in [3.05, 3.63) is 112 Å². The van der Waals surface area contributed by atoms with Crippen molar-refractivity contribution < 1.29 is 9.15 Å². The first-order chi connectivity index (χ1) is 17.2. The highest BCUT2D eigenvalue weighted by Crippen LogP contribution is 2.48. The Balaban J connectivity index is 1.56. The second-order valence-corrected chi connectivity index (χ2v) is 8.48. The summed E-state index contributed by atoms with van der Waals surface area (Å²) >= 11 is 0. The zero-order chi connectivity index (χ0) is 23.5. The van der Waals surface area contributed by atoms with Gasteiger partial charge in [0.2, 0.25) is 5.88 Å². The van der Waals surface area contributed by atoms with E-state index in [0.29, 0.717) is 45.2 Å². The predicted molar refractivity (Wildman–Crippen MR) is 129 cm³/mol. The van der Waals surface area contributed by atoms with Gasteiger partial charge in [-0.05, 0) is 36.8 Å². The highest BCUT2D eigenvalue weighted by molar-refractivity contribution is 5.86. The van der Waals surface area contributed by atoms with E-state index >= 15 is 0 Å². The Hall–Kier alpha value is -4.85. The number of nitrogens with zero attached hydrogens (tertiary/aromatic N) is 5. The van der Waals surface area contributed by atoms with Crippen LogP contribution in [-0.2, 0) is 0 Å². The maximum absolute atomic E-state index is 13.4. The van der Waals surface area contributed by atoms with Crippen molar-refractivity contribution in [2.24, 2.45) is 0 Å². The molecule has 8 heteroatoms. The standard InChI is InChI=1S/C27H17N5O3/c1-15-8-10-16(11-9-15)20-21-23(18-6-2-3-7-19(18)34-27(21)33)35-26-22(20)25-30-24(31-32(25)14-29-26)17-5-4-12-28-13-17/h2-14,20H,1H3. The van der Waals surface area contributed by atoms with Gasteiger partial charge in [0, 0.05) is 18.0 Å². The second kappa shape index (κ2) is 7.33. The Kier molecular flexibility index (Phi) is 4.10. The molecule has 5 heterocycles. The van der Waals surface area contributed by atoms with Gasteiger partial charge >= 0.3 is 5.63 Å². The van der Waals surface area contributed by atoms with Gasteiger partial charge in [0.25, 0.3) is 0 Å². The molecule has 1 atom stereocenters. The number of hydrogen-bond acceptors (Lipinski definition) is 7. The summed E-state index contributed by atoms with van der Waals surface area (Å²) in [5, 5.41) is 5.32. The summed E-state index contributed by atoms with van der Waals surface area (Å²) in [5.41, 5.74) is 4.44. The minimum absolute atomic E-state index is 0.386. The molecule has 0 saturated carbocycles. The van der Waals surface area contributed by atoms with Crippen LogP contribution in [0.1, 0.15) is 28.2 Å². The third-order valence-corrected chi connectivity index (χ3v) is 6.29. The molecule has 0 aliphatic carbocycles. The molecule has 6 aromatic rings. The fourth-order valence-corrected chi connectivity index (χ4v) is 4.64. The smallest absolute Gasteiger partial charge is 0.344 e. The Labute approximate surface area is 198 Å². The zero-order valence-corrected chi connectivity index (χ0v) is 18.5. The fourth-order valence-electron chi connectivity index (χ4n) is 4.64. The number of benzene rings is 2. The number of rotatable bonds is 2. The highest BCUT2D eigenvalue weighted by Gasteiger charge is 2.37. The molecule has 0 amide bonds. The SMILES string of the molecule is Cc1ccc(C2c3c(c4ccccc4oc3=O)Oc3ncn4nc(-c5cccnc5)nc4c32)cc1. The van der Waals surface area contributed by atoms with E-state index in [2.05, 4.69) is 15.1 Å². The average Bonchev–Trinajstić information content (AvgIpc) is 3.33. The minimum atomic E-state index is -0.502. The van der Waals surface area contributed by atoms with Crippen LogP contribution in [0.2, 0.25) is 0 Å². The number of hydrogen-bond donors (Lipinski definition) is 0. The molecule has 0 bridgehead atoms. The van der Waals surface area contributed by atoms with E-state index in [9.17, 15) is 4.79 Å². The molecule has 7 rings (SSSR count). The maximum atomic E-state index is 13.4. The van der Waals surface area contributed by atoms with Gasteiger partial charge in [0.05, 0.1) is 22.4 Å². The quantitative estimate of drug-likeness (QED) is 0.340. The largest absolute Gasteiger partial charge is 0.437 e. The summed E-state index contributed by atoms with van der Waals surface area (Å²) in [6.45, 7) is 2.02. The van der Waals surface area contributed by atoms with Crippen LogP contribution >= 0.6 is 0 Å². The molecule has 0 fully saturated rings. The zero-order valence-electron chi connectivity index (χ0n) is 18.5. The Morgan fingerprint density at radius 2 is 1.83 bits per heavy atom. The van der Waals surface area contributed by atoms with Gasteiger partial charge in [-0.2, -0.15) is 0 Å². The molecule has 1 unspecified atom stereocenters. The van der Waals surface area contributed by atoms with E-state index in [0.717, 1.165) is 16.7 Å². The first-order valence-electron chi connectivity index (χ1n) is 11.1. The molecule has 0 saturated heterocycles. The van der Waals surface area contributed by atoms with Crippen LogP contribution in [0.15, 0.2) is 88.6 Å². The van der Waals surface area contributed by atoms with Gasteiger partial charge in [-0.15, -0.1) is 5.10 Å². The van der Waals surface area contributed by atoms with Crippen LogP contribution < -0.4 is 10.4 Å². The lowest BCUT2D eigenvalue weighted by molar-refractivity contribution is 0.422. The van der Waals surface area contributed by atoms with Crippen molar-refractivity contribution in [3.63, 3.8) is 0 Å². The highest BCUT2D eigenvalue weighted by atomic mass is 16.5. The van der Waals surface area contributed by atoms with Crippen molar-refractivity contribution in [1.82, 2.24) is 24.6 Å². The first-order valence-corrected chi connectivity index (χ1v) is 11.1. The minimum Gasteiger partial charge on any atom is -0.437 e. The van der Waals surface area contributed by atoms with Crippen LogP contribution in [0.25, 0.3) is 28.0 Å². The summed E-state index contributed by atoms with van der Waals surface area (Å²) in [4.78, 5) is 26.9. The molecule has 1 aliphatic heterocycles. The lowest BCUT2D eigenvalue weighted by Crippen LogP contribution is -2.22. The summed E-state index contributed by atoms with van der Waals surface area (Å²) in [7, 11) is 0. The first kappa shape index (κ1) is 19.6. The number of ether oxygens (including phenoxy) is 1. The number of pyridine rings is 1. The van der Waals surface area contributed by atoms with Crippen molar-refractivity contribution in [3.8, 4) is 23.0 Å². The maximum Gasteiger partial charge on any atom is 0.344 e. The van der Waals surface area contributed by atoms with Gasteiger partial charge in [-0.3, -0.25) is 4.98 Å². The molecular formula is C27H17N5O3. The van der Waals surface area contributed by atoms with Crippen molar-refractivity contribution in [2.75, 3.05) is 0 Å². The molecule has 0 radical (unpaired) electrons. The fraction of sp³-hybridized carbons (Fsp3) is 0.0741. The monoisotopic (exact) mass is 459 g/mol. The van der Waals surface area contributed by atoms with Crippen LogP contribution in [0, 0.1) is 6.92 Å². The lowest BCUT2D eigenvalue weighted by atomic mass is 9.84. The second-order valence-electron chi connectivity index (χ2n) is 8.48.